The number of nitrogens with zero attached hydrogens (tertiary/aromatic N) is 1. The Balaban J connectivity index is 1.85. The molecule has 1 aliphatic carbocycles. The fraction of sp³-hybridized carbons (Fsp3) is 0.600. The zero-order valence-corrected chi connectivity index (χ0v) is 12.6. The molecular formula is C15H20Cl2N2. The standard InChI is InChI=1S/C15H20Cl2N2/c16-12-5-4-6-13(17)14(12)19-10-9-18-15(11-19)7-2-1-3-8-15/h4-6,18H,1-3,7-11H2. The third kappa shape index (κ3) is 2.72. The van der Waals surface area contributed by atoms with Crippen LogP contribution in [-0.2, 0) is 0 Å². The Morgan fingerprint density at radius 2 is 1.74 bits per heavy atom. The molecule has 1 spiro atoms. The minimum Gasteiger partial charge on any atom is -0.366 e. The lowest BCUT2D eigenvalue weighted by molar-refractivity contribution is 0.216. The third-order valence-corrected chi connectivity index (χ3v) is 5.05. The molecule has 1 saturated heterocycles. The largest absolute Gasteiger partial charge is 0.366 e. The van der Waals surface area contributed by atoms with Crippen LogP contribution in [0.15, 0.2) is 18.2 Å². The Morgan fingerprint density at radius 3 is 2.42 bits per heavy atom. The molecule has 2 fully saturated rings. The number of nitrogens with one attached hydrogen (secondary N) is 1. The van der Waals surface area contributed by atoms with Crippen LogP contribution in [0.5, 0.6) is 0 Å². The summed E-state index contributed by atoms with van der Waals surface area (Å²) in [4.78, 5) is 2.37. The van der Waals surface area contributed by atoms with Crippen LogP contribution in [0.1, 0.15) is 32.1 Å². The van der Waals surface area contributed by atoms with Crippen LogP contribution in [0, 0.1) is 0 Å². The molecule has 0 amide bonds. The Labute approximate surface area is 125 Å². The highest BCUT2D eigenvalue weighted by Crippen LogP contribution is 2.38. The lowest BCUT2D eigenvalue weighted by atomic mass is 9.80. The van der Waals surface area contributed by atoms with Gasteiger partial charge >= 0.3 is 0 Å². The summed E-state index contributed by atoms with van der Waals surface area (Å²) in [6.07, 6.45) is 6.57. The molecule has 4 heteroatoms. The summed E-state index contributed by atoms with van der Waals surface area (Å²) >= 11 is 12.7. The first-order valence-corrected chi connectivity index (χ1v) is 7.90. The van der Waals surface area contributed by atoms with Gasteiger partial charge in [-0.2, -0.15) is 0 Å². The third-order valence-electron chi connectivity index (χ3n) is 4.44. The number of para-hydroxylation sites is 1. The Morgan fingerprint density at radius 1 is 1.05 bits per heavy atom. The van der Waals surface area contributed by atoms with Gasteiger partial charge in [-0.15, -0.1) is 0 Å². The fourth-order valence-electron chi connectivity index (χ4n) is 3.50. The molecule has 19 heavy (non-hydrogen) atoms. The number of anilines is 1. The molecule has 1 N–H and O–H groups in total. The van der Waals surface area contributed by atoms with Gasteiger partial charge in [-0.05, 0) is 25.0 Å². The molecule has 0 unspecified atom stereocenters. The van der Waals surface area contributed by atoms with Gasteiger partial charge in [0.05, 0.1) is 15.7 Å². The molecule has 0 bridgehead atoms. The second-order valence-electron chi connectivity index (χ2n) is 5.76. The number of halogens is 2. The highest BCUT2D eigenvalue weighted by Gasteiger charge is 2.36. The molecule has 1 aromatic carbocycles. The first-order chi connectivity index (χ1) is 9.20. The zero-order valence-electron chi connectivity index (χ0n) is 11.1. The van der Waals surface area contributed by atoms with E-state index in [2.05, 4.69) is 10.2 Å². The van der Waals surface area contributed by atoms with E-state index in [-0.39, 0.29) is 5.54 Å². The molecule has 0 radical (unpaired) electrons. The minimum atomic E-state index is 0.277. The molecule has 3 rings (SSSR count). The SMILES string of the molecule is Clc1cccc(Cl)c1N1CCNC2(CCCCC2)C1. The van der Waals surface area contributed by atoms with Crippen molar-refractivity contribution >= 4 is 28.9 Å². The van der Waals surface area contributed by atoms with Gasteiger partial charge in [-0.3, -0.25) is 0 Å². The van der Waals surface area contributed by atoms with Crippen molar-refractivity contribution in [3.8, 4) is 0 Å². The fourth-order valence-corrected chi connectivity index (χ4v) is 4.14. The van der Waals surface area contributed by atoms with Gasteiger partial charge in [-0.1, -0.05) is 48.5 Å². The normalized spacial score (nSPS) is 22.7. The van der Waals surface area contributed by atoms with E-state index >= 15 is 0 Å². The maximum Gasteiger partial charge on any atom is 0.0746 e. The second kappa shape index (κ2) is 5.51. The predicted molar refractivity (Wildman–Crippen MR) is 82.5 cm³/mol. The van der Waals surface area contributed by atoms with Gasteiger partial charge in [0.1, 0.15) is 0 Å². The monoisotopic (exact) mass is 298 g/mol. The van der Waals surface area contributed by atoms with Crippen LogP contribution in [0.25, 0.3) is 0 Å². The smallest absolute Gasteiger partial charge is 0.0746 e. The second-order valence-corrected chi connectivity index (χ2v) is 6.57. The summed E-state index contributed by atoms with van der Waals surface area (Å²) in [7, 11) is 0. The van der Waals surface area contributed by atoms with Gasteiger partial charge in [0.25, 0.3) is 0 Å². The summed E-state index contributed by atoms with van der Waals surface area (Å²) in [5, 5.41) is 5.27. The van der Waals surface area contributed by atoms with Gasteiger partial charge in [0.15, 0.2) is 0 Å². The number of piperazine rings is 1. The van der Waals surface area contributed by atoms with E-state index in [4.69, 9.17) is 23.2 Å². The summed E-state index contributed by atoms with van der Waals surface area (Å²) in [5.41, 5.74) is 1.29. The molecular weight excluding hydrogens is 279 g/mol. The van der Waals surface area contributed by atoms with Gasteiger partial charge in [0.2, 0.25) is 0 Å². The van der Waals surface area contributed by atoms with E-state index in [0.29, 0.717) is 0 Å². The lowest BCUT2D eigenvalue weighted by Crippen LogP contribution is -2.61. The molecule has 1 saturated carbocycles. The van der Waals surface area contributed by atoms with Crippen LogP contribution in [0.4, 0.5) is 5.69 Å². The van der Waals surface area contributed by atoms with Crippen molar-refractivity contribution in [3.63, 3.8) is 0 Å². The van der Waals surface area contributed by atoms with Crippen molar-refractivity contribution in [1.82, 2.24) is 5.32 Å². The average Bonchev–Trinajstić information content (AvgIpc) is 2.39. The molecule has 0 atom stereocenters. The first-order valence-electron chi connectivity index (χ1n) is 7.14. The number of benzene rings is 1. The quantitative estimate of drug-likeness (QED) is 0.839. The van der Waals surface area contributed by atoms with Crippen molar-refractivity contribution in [3.05, 3.63) is 28.2 Å². The predicted octanol–water partition coefficient (Wildman–Crippen LogP) is 4.11. The number of hydrogen-bond acceptors (Lipinski definition) is 2. The molecule has 2 nitrogen and oxygen atoms in total. The highest BCUT2D eigenvalue weighted by atomic mass is 35.5. The van der Waals surface area contributed by atoms with E-state index in [1.807, 2.05) is 18.2 Å². The maximum absolute atomic E-state index is 6.34. The molecule has 0 aromatic heterocycles. The first kappa shape index (κ1) is 13.5. The Kier molecular flexibility index (Phi) is 3.93. The summed E-state index contributed by atoms with van der Waals surface area (Å²) < 4.78 is 0. The summed E-state index contributed by atoms with van der Waals surface area (Å²) in [5.74, 6) is 0. The number of rotatable bonds is 1. The number of hydrogen-bond donors (Lipinski definition) is 1. The molecule has 1 heterocycles. The van der Waals surface area contributed by atoms with E-state index < -0.39 is 0 Å². The summed E-state index contributed by atoms with van der Waals surface area (Å²) in [6.45, 7) is 3.02. The van der Waals surface area contributed by atoms with Gasteiger partial charge < -0.3 is 10.2 Å². The van der Waals surface area contributed by atoms with Crippen LogP contribution in [0.2, 0.25) is 10.0 Å². The topological polar surface area (TPSA) is 15.3 Å². The zero-order chi connectivity index (χ0) is 13.3. The van der Waals surface area contributed by atoms with Crippen molar-refractivity contribution in [2.45, 2.75) is 37.6 Å². The summed E-state index contributed by atoms with van der Waals surface area (Å²) in [6, 6.07) is 5.77. The highest BCUT2D eigenvalue weighted by molar-refractivity contribution is 6.39. The molecule has 104 valence electrons. The van der Waals surface area contributed by atoms with Crippen molar-refractivity contribution < 1.29 is 0 Å². The van der Waals surface area contributed by atoms with Crippen LogP contribution >= 0.6 is 23.2 Å². The molecule has 1 aliphatic heterocycles. The van der Waals surface area contributed by atoms with E-state index in [1.54, 1.807) is 0 Å². The average molecular weight is 299 g/mol. The van der Waals surface area contributed by atoms with Crippen LogP contribution in [0.3, 0.4) is 0 Å². The maximum atomic E-state index is 6.34. The minimum absolute atomic E-state index is 0.277. The van der Waals surface area contributed by atoms with Crippen molar-refractivity contribution in [2.75, 3.05) is 24.5 Å². The van der Waals surface area contributed by atoms with E-state index in [1.165, 1.54) is 32.1 Å². The van der Waals surface area contributed by atoms with E-state index in [9.17, 15) is 0 Å². The molecule has 1 aromatic rings. The van der Waals surface area contributed by atoms with Crippen LogP contribution < -0.4 is 10.2 Å². The van der Waals surface area contributed by atoms with Crippen LogP contribution in [-0.4, -0.2) is 25.2 Å². The van der Waals surface area contributed by atoms with Crippen molar-refractivity contribution in [2.24, 2.45) is 0 Å². The Bertz CT molecular complexity index is 430. The molecule has 2 aliphatic rings. The van der Waals surface area contributed by atoms with Crippen molar-refractivity contribution in [1.29, 1.82) is 0 Å². The van der Waals surface area contributed by atoms with Gasteiger partial charge in [-0.25, -0.2) is 0 Å². The Hall–Kier alpha value is -0.440. The van der Waals surface area contributed by atoms with E-state index in [0.717, 1.165) is 35.4 Å². The lowest BCUT2D eigenvalue weighted by Gasteiger charge is -2.47. The van der Waals surface area contributed by atoms with Gasteiger partial charge in [0, 0.05) is 25.2 Å².